The van der Waals surface area contributed by atoms with Crippen molar-refractivity contribution < 1.29 is 9.59 Å². The summed E-state index contributed by atoms with van der Waals surface area (Å²) in [6, 6.07) is 0. The van der Waals surface area contributed by atoms with Crippen molar-refractivity contribution in [2.24, 2.45) is 5.73 Å². The van der Waals surface area contributed by atoms with Crippen molar-refractivity contribution in [3.8, 4) is 0 Å². The maximum absolute atomic E-state index is 11.2. The Hall–Kier alpha value is -1.84. The minimum Gasteiger partial charge on any atom is -0.366 e. The van der Waals surface area contributed by atoms with E-state index in [4.69, 9.17) is 5.73 Å². The average molecular weight is 178 g/mol. The van der Waals surface area contributed by atoms with Crippen LogP contribution < -0.4 is 11.1 Å². The Kier molecular flexibility index (Phi) is 2.32. The quantitative estimate of drug-likeness (QED) is 0.583. The Morgan fingerprint density at radius 2 is 2.23 bits per heavy atom. The predicted molar refractivity (Wildman–Crippen MR) is 48.3 cm³/mol. The second kappa shape index (κ2) is 3.26. The fraction of sp³-hybridized carbons (Fsp3) is 0.111. The Morgan fingerprint density at radius 3 is 2.62 bits per heavy atom. The van der Waals surface area contributed by atoms with Gasteiger partial charge in [0, 0.05) is 11.6 Å². The number of rotatable bonds is 2. The first-order chi connectivity index (χ1) is 6.06. The van der Waals surface area contributed by atoms with Gasteiger partial charge in [-0.3, -0.25) is 9.59 Å². The molecule has 4 nitrogen and oxygen atoms in total. The second-order valence-corrected chi connectivity index (χ2v) is 2.66. The molecule has 0 unspecified atom stereocenters. The molecule has 0 bridgehead atoms. The molecular weight excluding hydrogens is 168 g/mol. The highest BCUT2D eigenvalue weighted by atomic mass is 16.2. The normalized spacial score (nSPS) is 19.2. The molecule has 13 heavy (non-hydrogen) atoms. The van der Waals surface area contributed by atoms with Crippen LogP contribution in [-0.4, -0.2) is 11.8 Å². The Balaban J connectivity index is 3.11. The maximum Gasteiger partial charge on any atom is 0.255 e. The number of hydrogen-bond donors (Lipinski definition) is 2. The molecule has 1 aliphatic heterocycles. The number of amides is 2. The number of hydrogen-bond acceptors (Lipinski definition) is 2. The van der Waals surface area contributed by atoms with Gasteiger partial charge in [-0.25, -0.2) is 0 Å². The molecule has 1 rings (SSSR count). The van der Waals surface area contributed by atoms with Crippen LogP contribution in [0.2, 0.25) is 0 Å². The standard InChI is InChI=1S/C9H10N2O2/c1-3-6-5(2)7(4-8(10)12)11-9(6)13/h3-4H,1H2,2H3,(H2,10,12)(H,11,13)/b7-4+. The highest BCUT2D eigenvalue weighted by Gasteiger charge is 2.21. The number of carbonyl (C=O) groups excluding carboxylic acids is 2. The lowest BCUT2D eigenvalue weighted by atomic mass is 10.1. The van der Waals surface area contributed by atoms with Gasteiger partial charge < -0.3 is 11.1 Å². The minimum atomic E-state index is -0.583. The summed E-state index contributed by atoms with van der Waals surface area (Å²) in [4.78, 5) is 21.7. The van der Waals surface area contributed by atoms with E-state index in [-0.39, 0.29) is 5.91 Å². The third-order valence-electron chi connectivity index (χ3n) is 1.79. The number of nitrogens with two attached hydrogens (primary N) is 1. The van der Waals surface area contributed by atoms with E-state index in [1.165, 1.54) is 12.2 Å². The lowest BCUT2D eigenvalue weighted by Crippen LogP contribution is -2.18. The molecule has 0 fully saturated rings. The highest BCUT2D eigenvalue weighted by molar-refractivity contribution is 6.04. The average Bonchev–Trinajstić information content (AvgIpc) is 2.26. The molecule has 0 saturated heterocycles. The number of nitrogens with one attached hydrogen (secondary N) is 1. The molecule has 68 valence electrons. The Morgan fingerprint density at radius 1 is 1.62 bits per heavy atom. The number of carbonyl (C=O) groups is 2. The predicted octanol–water partition coefficient (Wildman–Crippen LogP) is -0.0121. The third kappa shape index (κ3) is 1.66. The van der Waals surface area contributed by atoms with E-state index < -0.39 is 5.91 Å². The van der Waals surface area contributed by atoms with E-state index in [9.17, 15) is 9.59 Å². The van der Waals surface area contributed by atoms with E-state index in [0.29, 0.717) is 16.8 Å². The van der Waals surface area contributed by atoms with Crippen molar-refractivity contribution in [2.45, 2.75) is 6.92 Å². The summed E-state index contributed by atoms with van der Waals surface area (Å²) in [5.74, 6) is -0.833. The van der Waals surface area contributed by atoms with Gasteiger partial charge in [-0.1, -0.05) is 12.7 Å². The molecular formula is C9H10N2O2. The molecule has 0 spiro atoms. The largest absolute Gasteiger partial charge is 0.366 e. The van der Waals surface area contributed by atoms with Crippen LogP contribution in [0, 0.1) is 0 Å². The van der Waals surface area contributed by atoms with Gasteiger partial charge in [0.25, 0.3) is 5.91 Å². The van der Waals surface area contributed by atoms with Crippen LogP contribution in [0.1, 0.15) is 6.92 Å². The molecule has 1 heterocycles. The van der Waals surface area contributed by atoms with Gasteiger partial charge in [0.2, 0.25) is 5.91 Å². The molecule has 0 aliphatic carbocycles. The lowest BCUT2D eigenvalue weighted by molar-refractivity contribution is -0.115. The van der Waals surface area contributed by atoms with Gasteiger partial charge in [-0.05, 0) is 12.5 Å². The van der Waals surface area contributed by atoms with Crippen LogP contribution in [-0.2, 0) is 9.59 Å². The molecule has 0 radical (unpaired) electrons. The molecule has 0 aromatic heterocycles. The minimum absolute atomic E-state index is 0.250. The summed E-state index contributed by atoms with van der Waals surface area (Å²) in [7, 11) is 0. The molecule has 0 saturated carbocycles. The third-order valence-corrected chi connectivity index (χ3v) is 1.79. The first kappa shape index (κ1) is 9.25. The number of allylic oxidation sites excluding steroid dienone is 1. The molecule has 0 atom stereocenters. The van der Waals surface area contributed by atoms with E-state index in [2.05, 4.69) is 11.9 Å². The Bertz CT molecular complexity index is 351. The van der Waals surface area contributed by atoms with Crippen molar-refractivity contribution in [3.63, 3.8) is 0 Å². The van der Waals surface area contributed by atoms with Crippen molar-refractivity contribution in [2.75, 3.05) is 0 Å². The topological polar surface area (TPSA) is 72.2 Å². The molecule has 2 amide bonds. The smallest absolute Gasteiger partial charge is 0.255 e. The van der Waals surface area contributed by atoms with Crippen LogP contribution in [0.3, 0.4) is 0 Å². The zero-order chi connectivity index (χ0) is 10.0. The van der Waals surface area contributed by atoms with Crippen molar-refractivity contribution in [1.29, 1.82) is 0 Å². The first-order valence-corrected chi connectivity index (χ1v) is 3.72. The molecule has 0 aromatic rings. The van der Waals surface area contributed by atoms with Gasteiger partial charge >= 0.3 is 0 Å². The summed E-state index contributed by atoms with van der Waals surface area (Å²) < 4.78 is 0. The van der Waals surface area contributed by atoms with E-state index in [1.807, 2.05) is 0 Å². The van der Waals surface area contributed by atoms with E-state index in [1.54, 1.807) is 6.92 Å². The molecule has 1 aliphatic rings. The lowest BCUT2D eigenvalue weighted by Gasteiger charge is -1.96. The van der Waals surface area contributed by atoms with Gasteiger partial charge in [-0.15, -0.1) is 0 Å². The molecule has 0 aromatic carbocycles. The summed E-state index contributed by atoms with van der Waals surface area (Å²) in [6.45, 7) is 5.22. The fourth-order valence-electron chi connectivity index (χ4n) is 1.13. The van der Waals surface area contributed by atoms with Crippen LogP contribution in [0.15, 0.2) is 35.6 Å². The fourth-order valence-corrected chi connectivity index (χ4v) is 1.13. The van der Waals surface area contributed by atoms with Gasteiger partial charge in [0.1, 0.15) is 0 Å². The van der Waals surface area contributed by atoms with Crippen LogP contribution >= 0.6 is 0 Å². The molecule has 3 N–H and O–H groups in total. The van der Waals surface area contributed by atoms with Crippen molar-refractivity contribution in [1.82, 2.24) is 5.32 Å². The maximum atomic E-state index is 11.2. The van der Waals surface area contributed by atoms with Crippen LogP contribution in [0.25, 0.3) is 0 Å². The number of primary amides is 1. The summed E-state index contributed by atoms with van der Waals surface area (Å²) in [5.41, 5.74) is 6.58. The van der Waals surface area contributed by atoms with Crippen molar-refractivity contribution >= 4 is 11.8 Å². The van der Waals surface area contributed by atoms with Crippen LogP contribution in [0.4, 0.5) is 0 Å². The summed E-state index contributed by atoms with van der Waals surface area (Å²) in [5, 5.41) is 2.51. The SMILES string of the molecule is C=CC1=C(C)/C(=C\C(N)=O)NC1=O. The van der Waals surface area contributed by atoms with Gasteiger partial charge in [0.15, 0.2) is 0 Å². The van der Waals surface area contributed by atoms with Gasteiger partial charge in [-0.2, -0.15) is 0 Å². The zero-order valence-electron chi connectivity index (χ0n) is 7.26. The Labute approximate surface area is 75.8 Å². The monoisotopic (exact) mass is 178 g/mol. The highest BCUT2D eigenvalue weighted by Crippen LogP contribution is 2.19. The zero-order valence-corrected chi connectivity index (χ0v) is 7.26. The van der Waals surface area contributed by atoms with Gasteiger partial charge in [0.05, 0.1) is 5.70 Å². The van der Waals surface area contributed by atoms with Crippen molar-refractivity contribution in [3.05, 3.63) is 35.6 Å². The van der Waals surface area contributed by atoms with E-state index >= 15 is 0 Å². The first-order valence-electron chi connectivity index (χ1n) is 3.72. The second-order valence-electron chi connectivity index (χ2n) is 2.66. The molecule has 4 heteroatoms. The summed E-state index contributed by atoms with van der Waals surface area (Å²) in [6.07, 6.45) is 2.64. The summed E-state index contributed by atoms with van der Waals surface area (Å²) >= 11 is 0. The van der Waals surface area contributed by atoms with E-state index in [0.717, 1.165) is 0 Å². The van der Waals surface area contributed by atoms with Crippen LogP contribution in [0.5, 0.6) is 0 Å².